The molecule has 7 heteroatoms. The van der Waals surface area contributed by atoms with Gasteiger partial charge in [-0.3, -0.25) is 10.1 Å². The molecule has 0 aliphatic carbocycles. The van der Waals surface area contributed by atoms with Crippen molar-refractivity contribution >= 4 is 46.8 Å². The molecule has 2 aromatic carbocycles. The fourth-order valence-electron chi connectivity index (χ4n) is 2.93. The molecule has 1 N–H and O–H groups in total. The second-order valence-corrected chi connectivity index (χ2v) is 6.88. The molecule has 0 unspecified atom stereocenters. The van der Waals surface area contributed by atoms with E-state index in [0.29, 0.717) is 0 Å². The topological polar surface area (TPSA) is 71.3 Å². The van der Waals surface area contributed by atoms with E-state index in [9.17, 15) is 10.1 Å². The third-order valence-corrected chi connectivity index (χ3v) is 4.38. The van der Waals surface area contributed by atoms with Crippen LogP contribution in [0.25, 0.3) is 23.1 Å². The van der Waals surface area contributed by atoms with E-state index in [0.717, 1.165) is 47.4 Å². The average Bonchev–Trinajstić information content (AvgIpc) is 2.69. The first-order valence-corrected chi connectivity index (χ1v) is 9.24. The van der Waals surface area contributed by atoms with E-state index in [1.54, 1.807) is 12.1 Å². The minimum atomic E-state index is -0.396. The Labute approximate surface area is 176 Å². The number of non-ortho nitro benzene ring substituents is 1. The van der Waals surface area contributed by atoms with Crippen LogP contribution in [0.5, 0.6) is 0 Å². The van der Waals surface area contributed by atoms with E-state index in [-0.39, 0.29) is 18.1 Å². The van der Waals surface area contributed by atoms with Crippen molar-refractivity contribution in [1.82, 2.24) is 9.88 Å². The van der Waals surface area contributed by atoms with E-state index in [1.165, 1.54) is 12.1 Å². The number of pyridine rings is 1. The van der Waals surface area contributed by atoms with Crippen molar-refractivity contribution in [2.24, 2.45) is 0 Å². The second kappa shape index (κ2) is 10.5. The second-order valence-electron chi connectivity index (χ2n) is 6.88. The van der Waals surface area contributed by atoms with Crippen LogP contribution >= 0.6 is 12.4 Å². The molecule has 0 fully saturated rings. The van der Waals surface area contributed by atoms with Crippen molar-refractivity contribution < 1.29 is 4.92 Å². The summed E-state index contributed by atoms with van der Waals surface area (Å²) in [5.74, 6) is 0. The van der Waals surface area contributed by atoms with Gasteiger partial charge in [0.25, 0.3) is 5.69 Å². The van der Waals surface area contributed by atoms with Gasteiger partial charge in [0, 0.05) is 29.8 Å². The third-order valence-electron chi connectivity index (χ3n) is 4.38. The number of nitro benzene ring substituents is 1. The predicted molar refractivity (Wildman–Crippen MR) is 123 cm³/mol. The van der Waals surface area contributed by atoms with Crippen LogP contribution in [0.15, 0.2) is 54.6 Å². The Morgan fingerprint density at radius 2 is 1.83 bits per heavy atom. The molecular weight excluding hydrogens is 388 g/mol. The molecule has 152 valence electrons. The molecule has 0 bridgehead atoms. The first-order valence-electron chi connectivity index (χ1n) is 9.24. The summed E-state index contributed by atoms with van der Waals surface area (Å²) in [7, 11) is 4.14. The summed E-state index contributed by atoms with van der Waals surface area (Å²) in [6.07, 6.45) is 4.90. The number of halogens is 1. The summed E-state index contributed by atoms with van der Waals surface area (Å²) < 4.78 is 0. The lowest BCUT2D eigenvalue weighted by Crippen LogP contribution is -2.16. The van der Waals surface area contributed by atoms with Gasteiger partial charge in [0.05, 0.1) is 16.1 Å². The Morgan fingerprint density at radius 1 is 1.10 bits per heavy atom. The molecule has 0 aliphatic heterocycles. The van der Waals surface area contributed by atoms with Crippen molar-refractivity contribution in [2.45, 2.75) is 6.42 Å². The van der Waals surface area contributed by atoms with Gasteiger partial charge in [-0.2, -0.15) is 0 Å². The number of nitrogens with one attached hydrogen (secondary N) is 1. The number of nitrogens with zero attached hydrogens (tertiary/aromatic N) is 3. The first-order chi connectivity index (χ1) is 13.5. The van der Waals surface area contributed by atoms with E-state index in [2.05, 4.69) is 30.4 Å². The van der Waals surface area contributed by atoms with Crippen LogP contribution in [0.2, 0.25) is 0 Å². The van der Waals surface area contributed by atoms with Gasteiger partial charge in [-0.05, 0) is 63.0 Å². The van der Waals surface area contributed by atoms with Crippen LogP contribution in [0.4, 0.5) is 11.4 Å². The zero-order valence-corrected chi connectivity index (χ0v) is 17.4. The SMILES string of the molecule is CN(C)CCCNc1cc(/C=C/c2ccc([N+](=O)[O-])cc2)nc2ccccc12.Cl. The van der Waals surface area contributed by atoms with Gasteiger partial charge in [0.1, 0.15) is 0 Å². The highest BCUT2D eigenvalue weighted by atomic mass is 35.5. The standard InChI is InChI=1S/C22H24N4O2.ClH/c1-25(2)15-5-14-23-22-16-18(24-21-7-4-3-6-20(21)22)11-8-17-9-12-19(13-10-17)26(27)28;/h3-4,6-13,16H,5,14-15H2,1-2H3,(H,23,24);1H/b11-8+;. The molecular formula is C22H25ClN4O2. The average molecular weight is 413 g/mol. The van der Waals surface area contributed by atoms with E-state index < -0.39 is 4.92 Å². The smallest absolute Gasteiger partial charge is 0.269 e. The van der Waals surface area contributed by atoms with Gasteiger partial charge in [0.2, 0.25) is 0 Å². The highest BCUT2D eigenvalue weighted by Gasteiger charge is 2.05. The van der Waals surface area contributed by atoms with Gasteiger partial charge < -0.3 is 10.2 Å². The number of anilines is 1. The van der Waals surface area contributed by atoms with Crippen LogP contribution in [-0.2, 0) is 0 Å². The molecule has 6 nitrogen and oxygen atoms in total. The molecule has 0 saturated carbocycles. The van der Waals surface area contributed by atoms with Gasteiger partial charge in [-0.15, -0.1) is 12.4 Å². The molecule has 0 aliphatic rings. The minimum Gasteiger partial charge on any atom is -0.384 e. The van der Waals surface area contributed by atoms with Gasteiger partial charge >= 0.3 is 0 Å². The van der Waals surface area contributed by atoms with Crippen molar-refractivity contribution in [2.75, 3.05) is 32.5 Å². The summed E-state index contributed by atoms with van der Waals surface area (Å²) >= 11 is 0. The maximum atomic E-state index is 10.8. The molecule has 0 radical (unpaired) electrons. The molecule has 0 atom stereocenters. The minimum absolute atomic E-state index is 0. The summed E-state index contributed by atoms with van der Waals surface area (Å²) in [6, 6.07) is 16.6. The number of fused-ring (bicyclic) bond motifs is 1. The molecule has 0 amide bonds. The number of benzene rings is 2. The molecule has 1 aromatic heterocycles. The van der Waals surface area contributed by atoms with Crippen molar-refractivity contribution in [3.05, 3.63) is 76.0 Å². The van der Waals surface area contributed by atoms with Crippen LogP contribution in [0, 0.1) is 10.1 Å². The number of rotatable bonds is 8. The number of aromatic nitrogens is 1. The summed E-state index contributed by atoms with van der Waals surface area (Å²) in [4.78, 5) is 17.3. The number of hydrogen-bond acceptors (Lipinski definition) is 5. The highest BCUT2D eigenvalue weighted by molar-refractivity contribution is 5.92. The fourth-order valence-corrected chi connectivity index (χ4v) is 2.93. The summed E-state index contributed by atoms with van der Waals surface area (Å²) in [5, 5.41) is 15.4. The van der Waals surface area contributed by atoms with Crippen LogP contribution in [0.1, 0.15) is 17.7 Å². The highest BCUT2D eigenvalue weighted by Crippen LogP contribution is 2.24. The Balaban J connectivity index is 0.00000300. The summed E-state index contributed by atoms with van der Waals surface area (Å²) in [6.45, 7) is 1.92. The quantitative estimate of drug-likeness (QED) is 0.316. The van der Waals surface area contributed by atoms with Crippen LogP contribution in [0.3, 0.4) is 0 Å². The Morgan fingerprint density at radius 3 is 2.52 bits per heavy atom. The van der Waals surface area contributed by atoms with Crippen molar-refractivity contribution in [3.63, 3.8) is 0 Å². The van der Waals surface area contributed by atoms with Gasteiger partial charge in [-0.1, -0.05) is 24.3 Å². The predicted octanol–water partition coefficient (Wildman–Crippen LogP) is 5.10. The lowest BCUT2D eigenvalue weighted by molar-refractivity contribution is -0.384. The Bertz CT molecular complexity index is 988. The first kappa shape index (κ1) is 22.3. The monoisotopic (exact) mass is 412 g/mol. The normalized spacial score (nSPS) is 11.0. The third kappa shape index (κ3) is 6.27. The number of nitro groups is 1. The van der Waals surface area contributed by atoms with Crippen molar-refractivity contribution in [3.8, 4) is 0 Å². The molecule has 3 aromatic rings. The van der Waals surface area contributed by atoms with Crippen molar-refractivity contribution in [1.29, 1.82) is 0 Å². The Kier molecular flexibility index (Phi) is 8.12. The van der Waals surface area contributed by atoms with E-state index in [1.807, 2.05) is 36.4 Å². The van der Waals surface area contributed by atoms with Crippen LogP contribution < -0.4 is 5.32 Å². The lowest BCUT2D eigenvalue weighted by atomic mass is 10.1. The zero-order chi connectivity index (χ0) is 19.9. The Hall–Kier alpha value is -2.96. The van der Waals surface area contributed by atoms with Gasteiger partial charge in [-0.25, -0.2) is 4.98 Å². The van der Waals surface area contributed by atoms with Crippen LogP contribution in [-0.4, -0.2) is 42.0 Å². The lowest BCUT2D eigenvalue weighted by Gasteiger charge is -2.13. The van der Waals surface area contributed by atoms with Gasteiger partial charge in [0.15, 0.2) is 0 Å². The maximum absolute atomic E-state index is 10.8. The van der Waals surface area contributed by atoms with E-state index >= 15 is 0 Å². The molecule has 3 rings (SSSR count). The largest absolute Gasteiger partial charge is 0.384 e. The zero-order valence-electron chi connectivity index (χ0n) is 16.5. The fraction of sp³-hybridized carbons (Fsp3) is 0.227. The summed E-state index contributed by atoms with van der Waals surface area (Å²) in [5.41, 5.74) is 3.81. The van der Waals surface area contributed by atoms with E-state index in [4.69, 9.17) is 4.98 Å². The molecule has 0 spiro atoms. The maximum Gasteiger partial charge on any atom is 0.269 e. The molecule has 0 saturated heterocycles. The molecule has 1 heterocycles. The molecule has 29 heavy (non-hydrogen) atoms. The number of para-hydroxylation sites is 1. The number of hydrogen-bond donors (Lipinski definition) is 1.